The molecule has 0 spiro atoms. The maximum absolute atomic E-state index is 10.1. The smallest absolute Gasteiger partial charge is 0.311 e. The fourth-order valence-corrected chi connectivity index (χ4v) is 1.72. The SMILES string of the molecule is Cn1ccc2cc(BOC(C)(C)C(C)(C)O)cnc21. The molecule has 0 amide bonds. The van der Waals surface area contributed by atoms with Gasteiger partial charge in [0.15, 0.2) is 0 Å². The molecule has 5 heteroatoms. The van der Waals surface area contributed by atoms with Crippen LogP contribution in [0.1, 0.15) is 27.7 Å². The average Bonchev–Trinajstić information content (AvgIpc) is 2.67. The molecule has 0 saturated heterocycles. The topological polar surface area (TPSA) is 47.3 Å². The van der Waals surface area contributed by atoms with E-state index in [1.165, 1.54) is 0 Å². The van der Waals surface area contributed by atoms with E-state index in [4.69, 9.17) is 4.65 Å². The van der Waals surface area contributed by atoms with Gasteiger partial charge >= 0.3 is 7.48 Å². The molecular weight excluding hydrogens is 239 g/mol. The lowest BCUT2D eigenvalue weighted by atomic mass is 9.83. The molecule has 0 atom stereocenters. The first kappa shape index (κ1) is 14.1. The molecule has 2 heterocycles. The lowest BCUT2D eigenvalue weighted by Crippen LogP contribution is -2.49. The number of pyridine rings is 1. The van der Waals surface area contributed by atoms with Crippen LogP contribution < -0.4 is 5.46 Å². The molecule has 1 N–H and O–H groups in total. The summed E-state index contributed by atoms with van der Waals surface area (Å²) in [4.78, 5) is 4.42. The van der Waals surface area contributed by atoms with E-state index < -0.39 is 11.2 Å². The van der Waals surface area contributed by atoms with Crippen LogP contribution in [0.2, 0.25) is 0 Å². The summed E-state index contributed by atoms with van der Waals surface area (Å²) in [6, 6.07) is 4.11. The van der Waals surface area contributed by atoms with E-state index in [9.17, 15) is 5.11 Å². The van der Waals surface area contributed by atoms with Crippen LogP contribution in [0.4, 0.5) is 0 Å². The molecule has 0 radical (unpaired) electrons. The second-order valence-electron chi connectivity index (χ2n) is 6.04. The molecule has 0 aliphatic rings. The molecule has 19 heavy (non-hydrogen) atoms. The molecule has 102 valence electrons. The third-order valence-electron chi connectivity index (χ3n) is 3.84. The van der Waals surface area contributed by atoms with Gasteiger partial charge in [0.2, 0.25) is 0 Å². The number of nitrogens with zero attached hydrogens (tertiary/aromatic N) is 2. The Morgan fingerprint density at radius 1 is 1.32 bits per heavy atom. The molecule has 4 nitrogen and oxygen atoms in total. The molecule has 2 aromatic rings. The zero-order valence-electron chi connectivity index (χ0n) is 12.3. The minimum Gasteiger partial charge on any atom is -0.427 e. The Morgan fingerprint density at radius 2 is 2.00 bits per heavy atom. The summed E-state index contributed by atoms with van der Waals surface area (Å²) in [5.74, 6) is 0. The van der Waals surface area contributed by atoms with E-state index in [0.717, 1.165) is 16.5 Å². The van der Waals surface area contributed by atoms with Gasteiger partial charge in [-0.1, -0.05) is 6.07 Å². The highest BCUT2D eigenvalue weighted by atomic mass is 16.5. The minimum absolute atomic E-state index is 0.439. The molecule has 0 aliphatic carbocycles. The fourth-order valence-electron chi connectivity index (χ4n) is 1.72. The molecule has 2 aromatic heterocycles. The Bertz CT molecular complexity index is 585. The maximum atomic E-state index is 10.1. The first-order valence-electron chi connectivity index (χ1n) is 6.47. The first-order valence-corrected chi connectivity index (χ1v) is 6.47. The van der Waals surface area contributed by atoms with Crippen LogP contribution in [0.15, 0.2) is 24.5 Å². The highest BCUT2D eigenvalue weighted by molar-refractivity contribution is 6.47. The van der Waals surface area contributed by atoms with Gasteiger partial charge in [0.05, 0.1) is 11.2 Å². The third kappa shape index (κ3) is 2.82. The van der Waals surface area contributed by atoms with Crippen LogP contribution >= 0.6 is 0 Å². The van der Waals surface area contributed by atoms with Crippen molar-refractivity contribution in [2.45, 2.75) is 38.9 Å². The van der Waals surface area contributed by atoms with Crippen molar-refractivity contribution in [3.8, 4) is 0 Å². The summed E-state index contributed by atoms with van der Waals surface area (Å²) in [7, 11) is 2.41. The highest BCUT2D eigenvalue weighted by Crippen LogP contribution is 2.24. The van der Waals surface area contributed by atoms with Crippen molar-refractivity contribution >= 4 is 24.0 Å². The van der Waals surface area contributed by atoms with Crippen molar-refractivity contribution in [3.63, 3.8) is 0 Å². The molecule has 0 unspecified atom stereocenters. The zero-order valence-corrected chi connectivity index (χ0v) is 12.3. The molecule has 0 aliphatic heterocycles. The average molecular weight is 260 g/mol. The summed E-state index contributed by atoms with van der Waals surface area (Å²) < 4.78 is 7.83. The summed E-state index contributed by atoms with van der Waals surface area (Å²) in [6.07, 6.45) is 3.81. The molecule has 0 fully saturated rings. The van der Waals surface area contributed by atoms with Crippen molar-refractivity contribution in [2.24, 2.45) is 7.05 Å². The number of hydrogen-bond donors (Lipinski definition) is 1. The number of aryl methyl sites for hydroxylation is 1. The third-order valence-corrected chi connectivity index (χ3v) is 3.84. The van der Waals surface area contributed by atoms with Crippen LogP contribution in [-0.4, -0.2) is 33.3 Å². The van der Waals surface area contributed by atoms with Gasteiger partial charge in [-0.3, -0.25) is 0 Å². The second-order valence-corrected chi connectivity index (χ2v) is 6.04. The molecule has 0 bridgehead atoms. The van der Waals surface area contributed by atoms with Gasteiger partial charge in [-0.2, -0.15) is 0 Å². The molecule has 0 saturated carbocycles. The second kappa shape index (κ2) is 4.65. The molecule has 2 rings (SSSR count). The molecule has 0 aromatic carbocycles. The van der Waals surface area contributed by atoms with Gasteiger partial charge in [0.1, 0.15) is 5.65 Å². The zero-order chi connectivity index (χ0) is 14.3. The van der Waals surface area contributed by atoms with Crippen LogP contribution in [0.3, 0.4) is 0 Å². The Labute approximate surface area is 114 Å². The summed E-state index contributed by atoms with van der Waals surface area (Å²) in [6.45, 7) is 7.29. The lowest BCUT2D eigenvalue weighted by Gasteiger charge is -2.37. The fraction of sp³-hybridized carbons (Fsp3) is 0.500. The highest BCUT2D eigenvalue weighted by Gasteiger charge is 2.35. The summed E-state index contributed by atoms with van der Waals surface area (Å²) >= 11 is 0. The van der Waals surface area contributed by atoms with Crippen molar-refractivity contribution in [1.82, 2.24) is 9.55 Å². The largest absolute Gasteiger partial charge is 0.427 e. The number of hydrogen-bond acceptors (Lipinski definition) is 3. The van der Waals surface area contributed by atoms with Crippen LogP contribution in [0.5, 0.6) is 0 Å². The van der Waals surface area contributed by atoms with Gasteiger partial charge in [-0.15, -0.1) is 0 Å². The number of fused-ring (bicyclic) bond motifs is 1. The van der Waals surface area contributed by atoms with Crippen LogP contribution in [0.25, 0.3) is 11.0 Å². The Hall–Kier alpha value is -1.33. The van der Waals surface area contributed by atoms with E-state index in [1.807, 2.05) is 43.9 Å². The Morgan fingerprint density at radius 3 is 2.63 bits per heavy atom. The van der Waals surface area contributed by atoms with Gasteiger partial charge in [0, 0.05) is 24.8 Å². The minimum atomic E-state index is -0.892. The summed E-state index contributed by atoms with van der Waals surface area (Å²) in [5, 5.41) is 11.2. The van der Waals surface area contributed by atoms with E-state index in [1.54, 1.807) is 13.8 Å². The number of aliphatic hydroxyl groups is 1. The van der Waals surface area contributed by atoms with Crippen LogP contribution in [0, 0.1) is 0 Å². The predicted molar refractivity (Wildman–Crippen MR) is 79.0 cm³/mol. The van der Waals surface area contributed by atoms with E-state index in [-0.39, 0.29) is 0 Å². The van der Waals surface area contributed by atoms with Crippen LogP contribution in [-0.2, 0) is 11.7 Å². The van der Waals surface area contributed by atoms with Gasteiger partial charge in [0.25, 0.3) is 0 Å². The van der Waals surface area contributed by atoms with Crippen molar-refractivity contribution in [3.05, 3.63) is 24.5 Å². The van der Waals surface area contributed by atoms with Crippen molar-refractivity contribution in [1.29, 1.82) is 0 Å². The van der Waals surface area contributed by atoms with Gasteiger partial charge in [-0.05, 0) is 39.2 Å². The lowest BCUT2D eigenvalue weighted by molar-refractivity contribution is -0.0893. The van der Waals surface area contributed by atoms with Crippen molar-refractivity contribution < 1.29 is 9.76 Å². The van der Waals surface area contributed by atoms with Gasteiger partial charge in [-0.25, -0.2) is 4.98 Å². The summed E-state index contributed by atoms with van der Waals surface area (Å²) in [5.41, 5.74) is 0.470. The number of rotatable bonds is 4. The van der Waals surface area contributed by atoms with Crippen molar-refractivity contribution in [2.75, 3.05) is 0 Å². The maximum Gasteiger partial charge on any atom is 0.311 e. The van der Waals surface area contributed by atoms with E-state index in [2.05, 4.69) is 11.1 Å². The van der Waals surface area contributed by atoms with Gasteiger partial charge < -0.3 is 14.3 Å². The predicted octanol–water partition coefficient (Wildman–Crippen LogP) is 1.12. The normalized spacial score (nSPS) is 12.9. The Kier molecular flexibility index (Phi) is 3.45. The quantitative estimate of drug-likeness (QED) is 0.838. The van der Waals surface area contributed by atoms with E-state index in [0.29, 0.717) is 7.48 Å². The first-order chi connectivity index (χ1) is 8.71. The molecular formula is C14H21BN2O2. The van der Waals surface area contributed by atoms with E-state index >= 15 is 0 Å². The number of aromatic nitrogens is 2. The Balaban J connectivity index is 2.14. The monoisotopic (exact) mass is 260 g/mol. The standard InChI is InChI=1S/C14H21BN2O2/c1-13(2,18)14(3,4)19-15-11-8-10-6-7-17(5)12(10)16-9-11/h6-9,15,18H,1-5H3.